The molecule has 92 valence electrons. The topological polar surface area (TPSA) is 12.0 Å². The standard InChI is InChI=1S/C17H19N/c1-11-5-7-13-15(9-11)18-16-10-12(2)6-8-14(16)17(13,3)4/h5-10,18H,1-4H3. The lowest BCUT2D eigenvalue weighted by Crippen LogP contribution is -2.26. The number of hydrogen-bond acceptors (Lipinski definition) is 1. The van der Waals surface area contributed by atoms with Crippen molar-refractivity contribution in [3.8, 4) is 0 Å². The minimum Gasteiger partial charge on any atom is -0.355 e. The van der Waals surface area contributed by atoms with E-state index in [0.29, 0.717) is 0 Å². The van der Waals surface area contributed by atoms with Gasteiger partial charge in [0.05, 0.1) is 0 Å². The lowest BCUT2D eigenvalue weighted by atomic mass is 9.74. The summed E-state index contributed by atoms with van der Waals surface area (Å²) in [7, 11) is 0. The molecular weight excluding hydrogens is 218 g/mol. The highest BCUT2D eigenvalue weighted by atomic mass is 14.9. The summed E-state index contributed by atoms with van der Waals surface area (Å²) >= 11 is 0. The lowest BCUT2D eigenvalue weighted by Gasteiger charge is -2.36. The fourth-order valence-corrected chi connectivity index (χ4v) is 2.90. The largest absolute Gasteiger partial charge is 0.355 e. The molecule has 1 nitrogen and oxygen atoms in total. The number of anilines is 2. The van der Waals surface area contributed by atoms with E-state index in [2.05, 4.69) is 69.4 Å². The van der Waals surface area contributed by atoms with Crippen molar-refractivity contribution >= 4 is 11.4 Å². The molecule has 1 heterocycles. The molecule has 3 rings (SSSR count). The van der Waals surface area contributed by atoms with Gasteiger partial charge in [0.1, 0.15) is 0 Å². The highest BCUT2D eigenvalue weighted by molar-refractivity contribution is 5.76. The van der Waals surface area contributed by atoms with Crippen LogP contribution in [0, 0.1) is 13.8 Å². The van der Waals surface area contributed by atoms with Crippen LogP contribution in [0.2, 0.25) is 0 Å². The summed E-state index contributed by atoms with van der Waals surface area (Å²) in [6.07, 6.45) is 0. The number of nitrogens with one attached hydrogen (secondary N) is 1. The van der Waals surface area contributed by atoms with Crippen LogP contribution in [0.5, 0.6) is 0 Å². The van der Waals surface area contributed by atoms with E-state index in [4.69, 9.17) is 0 Å². The summed E-state index contributed by atoms with van der Waals surface area (Å²) in [5.74, 6) is 0. The van der Waals surface area contributed by atoms with Crippen LogP contribution in [0.4, 0.5) is 11.4 Å². The van der Waals surface area contributed by atoms with Crippen LogP contribution in [-0.4, -0.2) is 0 Å². The summed E-state index contributed by atoms with van der Waals surface area (Å²) in [5.41, 5.74) is 7.92. The first-order chi connectivity index (χ1) is 8.48. The van der Waals surface area contributed by atoms with E-state index in [1.54, 1.807) is 0 Å². The average Bonchev–Trinajstić information content (AvgIpc) is 2.27. The molecule has 0 aliphatic carbocycles. The molecule has 0 fully saturated rings. The van der Waals surface area contributed by atoms with Gasteiger partial charge in [-0.15, -0.1) is 0 Å². The first-order valence-electron chi connectivity index (χ1n) is 6.48. The Morgan fingerprint density at radius 1 is 0.778 bits per heavy atom. The van der Waals surface area contributed by atoms with Gasteiger partial charge in [0.2, 0.25) is 0 Å². The van der Waals surface area contributed by atoms with Crippen LogP contribution in [0.15, 0.2) is 36.4 Å². The number of benzene rings is 2. The van der Waals surface area contributed by atoms with Crippen molar-refractivity contribution in [3.63, 3.8) is 0 Å². The third-order valence-electron chi connectivity index (χ3n) is 3.97. The van der Waals surface area contributed by atoms with Gasteiger partial charge in [-0.3, -0.25) is 0 Å². The predicted octanol–water partition coefficient (Wildman–Crippen LogP) is 4.69. The molecule has 1 N–H and O–H groups in total. The van der Waals surface area contributed by atoms with Crippen molar-refractivity contribution in [2.45, 2.75) is 33.1 Å². The highest BCUT2D eigenvalue weighted by Crippen LogP contribution is 2.45. The Morgan fingerprint density at radius 2 is 1.22 bits per heavy atom. The first-order valence-corrected chi connectivity index (χ1v) is 6.48. The maximum absolute atomic E-state index is 3.58. The molecule has 1 aliphatic rings. The van der Waals surface area contributed by atoms with E-state index >= 15 is 0 Å². The average molecular weight is 237 g/mol. The fourth-order valence-electron chi connectivity index (χ4n) is 2.90. The summed E-state index contributed by atoms with van der Waals surface area (Å²) in [6, 6.07) is 13.4. The molecule has 0 bridgehead atoms. The molecule has 1 aliphatic heterocycles. The Labute approximate surface area is 109 Å². The van der Waals surface area contributed by atoms with Crippen molar-refractivity contribution in [2.75, 3.05) is 5.32 Å². The van der Waals surface area contributed by atoms with Crippen LogP contribution < -0.4 is 5.32 Å². The van der Waals surface area contributed by atoms with Gasteiger partial charge in [-0.25, -0.2) is 0 Å². The van der Waals surface area contributed by atoms with Crippen molar-refractivity contribution < 1.29 is 0 Å². The van der Waals surface area contributed by atoms with Crippen molar-refractivity contribution in [2.24, 2.45) is 0 Å². The van der Waals surface area contributed by atoms with Gasteiger partial charge in [-0.05, 0) is 48.2 Å². The van der Waals surface area contributed by atoms with Crippen molar-refractivity contribution in [1.29, 1.82) is 0 Å². The Morgan fingerprint density at radius 3 is 1.67 bits per heavy atom. The van der Waals surface area contributed by atoms with Gasteiger partial charge >= 0.3 is 0 Å². The highest BCUT2D eigenvalue weighted by Gasteiger charge is 2.32. The van der Waals surface area contributed by atoms with Crippen LogP contribution >= 0.6 is 0 Å². The van der Waals surface area contributed by atoms with Gasteiger partial charge in [-0.2, -0.15) is 0 Å². The molecular formula is C17H19N. The fraction of sp³-hybridized carbons (Fsp3) is 0.294. The Balaban J connectivity index is 2.25. The molecule has 2 aromatic rings. The zero-order valence-electron chi connectivity index (χ0n) is 11.5. The van der Waals surface area contributed by atoms with Gasteiger partial charge in [0, 0.05) is 16.8 Å². The monoisotopic (exact) mass is 237 g/mol. The number of aryl methyl sites for hydroxylation is 2. The number of rotatable bonds is 0. The van der Waals surface area contributed by atoms with Gasteiger partial charge in [0.15, 0.2) is 0 Å². The molecule has 0 amide bonds. The van der Waals surface area contributed by atoms with Gasteiger partial charge < -0.3 is 5.32 Å². The van der Waals surface area contributed by atoms with E-state index in [-0.39, 0.29) is 5.41 Å². The minimum absolute atomic E-state index is 0.0668. The summed E-state index contributed by atoms with van der Waals surface area (Å²) in [5, 5.41) is 3.58. The molecule has 2 aromatic carbocycles. The normalized spacial score (nSPS) is 15.6. The van der Waals surface area contributed by atoms with Crippen LogP contribution in [-0.2, 0) is 5.41 Å². The second kappa shape index (κ2) is 3.61. The molecule has 0 spiro atoms. The zero-order valence-corrected chi connectivity index (χ0v) is 11.5. The van der Waals surface area contributed by atoms with E-state index in [0.717, 1.165) is 0 Å². The smallest absolute Gasteiger partial charge is 0.0428 e. The third-order valence-corrected chi connectivity index (χ3v) is 3.97. The number of hydrogen-bond donors (Lipinski definition) is 1. The maximum atomic E-state index is 3.58. The molecule has 0 atom stereocenters. The Hall–Kier alpha value is -1.76. The molecule has 0 saturated carbocycles. The van der Waals surface area contributed by atoms with Gasteiger partial charge in [-0.1, -0.05) is 38.1 Å². The van der Waals surface area contributed by atoms with Crippen molar-refractivity contribution in [3.05, 3.63) is 58.7 Å². The van der Waals surface area contributed by atoms with E-state index in [9.17, 15) is 0 Å². The third kappa shape index (κ3) is 1.54. The number of fused-ring (bicyclic) bond motifs is 2. The van der Waals surface area contributed by atoms with Crippen LogP contribution in [0.1, 0.15) is 36.1 Å². The van der Waals surface area contributed by atoms with Gasteiger partial charge in [0.25, 0.3) is 0 Å². The SMILES string of the molecule is Cc1ccc2c(c1)Nc1cc(C)ccc1C2(C)C. The van der Waals surface area contributed by atoms with E-state index in [1.807, 2.05) is 0 Å². The lowest BCUT2D eigenvalue weighted by molar-refractivity contribution is 0.637. The Bertz CT molecular complexity index is 570. The molecule has 0 radical (unpaired) electrons. The molecule has 18 heavy (non-hydrogen) atoms. The predicted molar refractivity (Wildman–Crippen MR) is 77.8 cm³/mol. The van der Waals surface area contributed by atoms with Crippen LogP contribution in [0.3, 0.4) is 0 Å². The van der Waals surface area contributed by atoms with Crippen molar-refractivity contribution in [1.82, 2.24) is 0 Å². The summed E-state index contributed by atoms with van der Waals surface area (Å²) in [4.78, 5) is 0. The zero-order chi connectivity index (χ0) is 12.9. The minimum atomic E-state index is 0.0668. The van der Waals surface area contributed by atoms with Crippen LogP contribution in [0.25, 0.3) is 0 Å². The molecule has 0 unspecified atom stereocenters. The second-order valence-corrected chi connectivity index (χ2v) is 5.85. The maximum Gasteiger partial charge on any atom is 0.0428 e. The second-order valence-electron chi connectivity index (χ2n) is 5.85. The van der Waals surface area contributed by atoms with E-state index in [1.165, 1.54) is 33.6 Å². The van der Waals surface area contributed by atoms with E-state index < -0.39 is 0 Å². The first kappa shape index (κ1) is 11.3. The summed E-state index contributed by atoms with van der Waals surface area (Å²) in [6.45, 7) is 8.88. The quantitative estimate of drug-likeness (QED) is 0.701. The molecule has 0 aromatic heterocycles. The Kier molecular flexibility index (Phi) is 2.28. The molecule has 0 saturated heterocycles. The summed E-state index contributed by atoms with van der Waals surface area (Å²) < 4.78 is 0. The molecule has 1 heteroatoms.